The molecule has 0 amide bonds. The van der Waals surface area contributed by atoms with Gasteiger partial charge in [-0.1, -0.05) is 0 Å². The minimum Gasteiger partial charge on any atom is -0.412 e. The van der Waals surface area contributed by atoms with Crippen molar-refractivity contribution < 1.29 is 45.3 Å². The molecule has 0 aliphatic rings. The van der Waals surface area contributed by atoms with Gasteiger partial charge in [-0.05, 0) is 0 Å². The summed E-state index contributed by atoms with van der Waals surface area (Å²) >= 11 is -2.61. The maximum atomic E-state index is 8.67. The van der Waals surface area contributed by atoms with Gasteiger partial charge in [0.25, 0.3) is 11.4 Å². The summed E-state index contributed by atoms with van der Waals surface area (Å²) in [5.74, 6) is 0. The van der Waals surface area contributed by atoms with Gasteiger partial charge in [0.2, 0.25) is 0 Å². The predicted octanol–water partition coefficient (Wildman–Crippen LogP) is -1.97. The van der Waals surface area contributed by atoms with E-state index in [4.69, 9.17) is 13.3 Å². The Kier molecular flexibility index (Phi) is 57.5. The van der Waals surface area contributed by atoms with Gasteiger partial charge in [0.15, 0.2) is 0 Å². The van der Waals surface area contributed by atoms with Gasteiger partial charge in [0.05, 0.1) is 0 Å². The molecule has 6 N–H and O–H groups in total. The molecule has 0 aromatic rings. The molecule has 0 unspecified atom stereocenters. The predicted molar refractivity (Wildman–Crippen MR) is 20.6 cm³/mol. The van der Waals surface area contributed by atoms with Crippen molar-refractivity contribution in [2.24, 2.45) is 0 Å². The molecule has 7 heteroatoms. The van der Waals surface area contributed by atoms with Gasteiger partial charge >= 0.3 is 0 Å². The summed E-state index contributed by atoms with van der Waals surface area (Å²) in [5.41, 5.74) is 0. The second-order valence-corrected chi connectivity index (χ2v) is 0.692. The summed E-state index contributed by atoms with van der Waals surface area (Å²) in [7, 11) is 0. The van der Waals surface area contributed by atoms with E-state index >= 15 is 0 Å². The zero-order valence-electron chi connectivity index (χ0n) is 3.03. The van der Waals surface area contributed by atoms with Crippen molar-refractivity contribution in [3.63, 3.8) is 0 Å². The molecule has 7 heavy (non-hydrogen) atoms. The topological polar surface area (TPSA) is 121 Å². The molecule has 0 bridgehead atoms. The number of hydrogen-bond acceptors (Lipinski definition) is 1. The van der Waals surface area contributed by atoms with Gasteiger partial charge in [-0.15, -0.1) is 0 Å². The standard InChI is InChI=1S/H2O3S.2H2O.Pt/c1-4(2)3;;;/h(H2,1,2,3);2*1H2;. The van der Waals surface area contributed by atoms with Gasteiger partial charge in [0, 0.05) is 21.1 Å². The summed E-state index contributed by atoms with van der Waals surface area (Å²) in [6.45, 7) is 0. The molecule has 0 heterocycles. The van der Waals surface area contributed by atoms with E-state index in [0.29, 0.717) is 0 Å². The van der Waals surface area contributed by atoms with Gasteiger partial charge in [-0.2, -0.15) is 4.21 Å². The van der Waals surface area contributed by atoms with Crippen LogP contribution in [0.15, 0.2) is 0 Å². The first-order valence-corrected chi connectivity index (χ1v) is 1.60. The minimum absolute atomic E-state index is 0. The molecule has 0 radical (unpaired) electrons. The van der Waals surface area contributed by atoms with Crippen LogP contribution < -0.4 is 0 Å². The Bertz CT molecular complexity index is 31.1. The first-order chi connectivity index (χ1) is 1.73. The summed E-state index contributed by atoms with van der Waals surface area (Å²) in [4.78, 5) is 0. The molecular formula is H6O5PtS. The summed E-state index contributed by atoms with van der Waals surface area (Å²) in [6, 6.07) is 0. The van der Waals surface area contributed by atoms with Crippen LogP contribution in [0.3, 0.4) is 0 Å². The van der Waals surface area contributed by atoms with E-state index in [1.54, 1.807) is 0 Å². The SMILES string of the molecule is O.O.O=S(O)O.[Pt]. The largest absolute Gasteiger partial charge is 0.412 e. The van der Waals surface area contributed by atoms with E-state index in [1.807, 2.05) is 0 Å². The third-order valence-electron chi connectivity index (χ3n) is 0. The molecule has 52 valence electrons. The van der Waals surface area contributed by atoms with Crippen molar-refractivity contribution in [1.29, 1.82) is 0 Å². The average Bonchev–Trinajstić information content (AvgIpc) is 0.811. The Morgan fingerprint density at radius 1 is 1.14 bits per heavy atom. The maximum Gasteiger partial charge on any atom is 0.299 e. The van der Waals surface area contributed by atoms with Crippen LogP contribution in [0.2, 0.25) is 0 Å². The molecule has 0 spiro atoms. The second kappa shape index (κ2) is 15.9. The summed E-state index contributed by atoms with van der Waals surface area (Å²) < 4.78 is 22.8. The van der Waals surface area contributed by atoms with Crippen molar-refractivity contribution >= 4 is 11.4 Å². The van der Waals surface area contributed by atoms with E-state index in [9.17, 15) is 0 Å². The first kappa shape index (κ1) is 25.3. The second-order valence-electron chi connectivity index (χ2n) is 0.231. The van der Waals surface area contributed by atoms with Crippen molar-refractivity contribution in [2.45, 2.75) is 0 Å². The molecule has 0 aromatic heterocycles. The van der Waals surface area contributed by atoms with Crippen molar-refractivity contribution in [3.8, 4) is 0 Å². The monoisotopic (exact) mass is 313 g/mol. The fraction of sp³-hybridized carbons (Fsp3) is 0. The summed E-state index contributed by atoms with van der Waals surface area (Å²) in [6.07, 6.45) is 0. The Morgan fingerprint density at radius 3 is 1.14 bits per heavy atom. The van der Waals surface area contributed by atoms with Crippen molar-refractivity contribution in [3.05, 3.63) is 0 Å². The zero-order valence-corrected chi connectivity index (χ0v) is 6.12. The Labute approximate surface area is 57.1 Å². The first-order valence-electron chi connectivity index (χ1n) is 0.532. The van der Waals surface area contributed by atoms with Crippen LogP contribution in [0.1, 0.15) is 0 Å². The fourth-order valence-electron chi connectivity index (χ4n) is 0. The quantitative estimate of drug-likeness (QED) is 0.505. The molecule has 0 aliphatic heterocycles. The van der Waals surface area contributed by atoms with Crippen molar-refractivity contribution in [2.75, 3.05) is 0 Å². The zero-order chi connectivity index (χ0) is 3.58. The minimum atomic E-state index is -2.61. The van der Waals surface area contributed by atoms with Crippen LogP contribution in [0.25, 0.3) is 0 Å². The van der Waals surface area contributed by atoms with Crippen LogP contribution in [0, 0.1) is 0 Å². The molecular weight excluding hydrogens is 307 g/mol. The van der Waals surface area contributed by atoms with Crippen LogP contribution in [0.4, 0.5) is 0 Å². The third-order valence-corrected chi connectivity index (χ3v) is 0. The number of hydrogen-bond donors (Lipinski definition) is 2. The van der Waals surface area contributed by atoms with E-state index in [-0.39, 0.29) is 32.0 Å². The fourth-order valence-corrected chi connectivity index (χ4v) is 0. The maximum absolute atomic E-state index is 8.67. The molecule has 0 rings (SSSR count). The number of rotatable bonds is 0. The van der Waals surface area contributed by atoms with E-state index < -0.39 is 11.4 Å². The van der Waals surface area contributed by atoms with Crippen molar-refractivity contribution in [1.82, 2.24) is 0 Å². The van der Waals surface area contributed by atoms with E-state index in [1.165, 1.54) is 0 Å². The Hall–Kier alpha value is 0.678. The van der Waals surface area contributed by atoms with Gasteiger partial charge in [0.1, 0.15) is 0 Å². The molecule has 0 saturated carbocycles. The Morgan fingerprint density at radius 2 is 1.14 bits per heavy atom. The van der Waals surface area contributed by atoms with Crippen LogP contribution in [-0.4, -0.2) is 24.3 Å². The average molecular weight is 313 g/mol. The van der Waals surface area contributed by atoms with Gasteiger partial charge in [-0.3, -0.25) is 9.11 Å². The smallest absolute Gasteiger partial charge is 0.299 e. The summed E-state index contributed by atoms with van der Waals surface area (Å²) in [5, 5.41) is 0. The molecule has 0 aliphatic carbocycles. The van der Waals surface area contributed by atoms with Crippen LogP contribution >= 0.6 is 0 Å². The van der Waals surface area contributed by atoms with Gasteiger partial charge < -0.3 is 11.0 Å². The van der Waals surface area contributed by atoms with Crippen LogP contribution in [0.5, 0.6) is 0 Å². The van der Waals surface area contributed by atoms with Gasteiger partial charge in [-0.25, -0.2) is 0 Å². The van der Waals surface area contributed by atoms with Crippen LogP contribution in [-0.2, 0) is 32.4 Å². The molecule has 0 aromatic carbocycles. The molecule has 0 saturated heterocycles. The van der Waals surface area contributed by atoms with E-state index in [2.05, 4.69) is 0 Å². The normalized spacial score (nSPS) is 5.00. The molecule has 5 nitrogen and oxygen atoms in total. The third kappa shape index (κ3) is 318. The molecule has 0 atom stereocenters. The van der Waals surface area contributed by atoms with E-state index in [0.717, 1.165) is 0 Å². The Balaban J connectivity index is -0.0000000150. The molecule has 0 fully saturated rings.